The topological polar surface area (TPSA) is 94.3 Å². The van der Waals surface area contributed by atoms with Crippen LogP contribution in [0.1, 0.15) is 39.3 Å². The molecule has 0 bridgehead atoms. The summed E-state index contributed by atoms with van der Waals surface area (Å²) in [5.74, 6) is -1.45. The fraction of sp³-hybridized carbons (Fsp3) is 0.263. The molecule has 3 rings (SSSR count). The van der Waals surface area contributed by atoms with Gasteiger partial charge in [-0.2, -0.15) is 5.26 Å². The van der Waals surface area contributed by atoms with Crippen molar-refractivity contribution in [3.05, 3.63) is 63.9 Å². The molecule has 0 spiro atoms. The first kappa shape index (κ1) is 18.1. The number of aromatic carboxylic acids is 1. The predicted molar refractivity (Wildman–Crippen MR) is 97.8 cm³/mol. The third-order valence-corrected chi connectivity index (χ3v) is 5.38. The molecule has 1 amide bonds. The molecule has 1 aliphatic rings. The van der Waals surface area contributed by atoms with Crippen LogP contribution < -0.4 is 0 Å². The summed E-state index contributed by atoms with van der Waals surface area (Å²) in [6.45, 7) is 0.836. The molecule has 1 saturated heterocycles. The number of carbonyl (C=O) groups is 2. The van der Waals surface area contributed by atoms with Crippen molar-refractivity contribution in [2.24, 2.45) is 0 Å². The van der Waals surface area contributed by atoms with Gasteiger partial charge in [-0.05, 0) is 40.4 Å². The molecule has 1 aliphatic heterocycles. The number of rotatable bonds is 3. The summed E-state index contributed by atoms with van der Waals surface area (Å²) < 4.78 is 0.327. The number of aromatic nitrogens is 1. The van der Waals surface area contributed by atoms with Gasteiger partial charge in [0.2, 0.25) is 0 Å². The Balaban J connectivity index is 1.78. The van der Waals surface area contributed by atoms with E-state index in [0.29, 0.717) is 30.4 Å². The molecule has 132 valence electrons. The summed E-state index contributed by atoms with van der Waals surface area (Å²) in [6.07, 6.45) is 2.38. The highest BCUT2D eigenvalue weighted by molar-refractivity contribution is 9.10. The van der Waals surface area contributed by atoms with Crippen LogP contribution in [0.15, 0.2) is 47.1 Å². The Morgan fingerprint density at radius 2 is 1.88 bits per heavy atom. The lowest BCUT2D eigenvalue weighted by atomic mass is 9.74. The van der Waals surface area contributed by atoms with E-state index < -0.39 is 11.4 Å². The van der Waals surface area contributed by atoms with E-state index in [2.05, 4.69) is 27.0 Å². The van der Waals surface area contributed by atoms with Gasteiger partial charge in [0.1, 0.15) is 5.69 Å². The Bertz CT molecular complexity index is 885. The van der Waals surface area contributed by atoms with Gasteiger partial charge in [0.25, 0.3) is 5.91 Å². The summed E-state index contributed by atoms with van der Waals surface area (Å²) in [5, 5.41) is 18.9. The van der Waals surface area contributed by atoms with Crippen molar-refractivity contribution in [2.45, 2.75) is 18.3 Å². The Kier molecular flexibility index (Phi) is 5.05. The average Bonchev–Trinajstić information content (AvgIpc) is 2.68. The van der Waals surface area contributed by atoms with Gasteiger partial charge in [-0.25, -0.2) is 9.78 Å². The zero-order valence-corrected chi connectivity index (χ0v) is 15.4. The van der Waals surface area contributed by atoms with E-state index >= 15 is 0 Å². The van der Waals surface area contributed by atoms with E-state index in [0.717, 1.165) is 5.56 Å². The van der Waals surface area contributed by atoms with Gasteiger partial charge in [0, 0.05) is 19.3 Å². The molecule has 7 heteroatoms. The minimum Gasteiger partial charge on any atom is -0.478 e. The second kappa shape index (κ2) is 7.26. The third-order valence-electron chi connectivity index (χ3n) is 4.75. The number of nitrogens with zero attached hydrogens (tertiary/aromatic N) is 3. The van der Waals surface area contributed by atoms with E-state index in [1.54, 1.807) is 4.90 Å². The molecule has 1 fully saturated rings. The monoisotopic (exact) mass is 413 g/mol. The normalized spacial score (nSPS) is 15.9. The summed E-state index contributed by atoms with van der Waals surface area (Å²) in [4.78, 5) is 29.6. The van der Waals surface area contributed by atoms with Crippen molar-refractivity contribution in [3.63, 3.8) is 0 Å². The number of piperidine rings is 1. The van der Waals surface area contributed by atoms with Gasteiger partial charge in [-0.1, -0.05) is 30.3 Å². The largest absolute Gasteiger partial charge is 0.478 e. The minimum atomic E-state index is -1.13. The van der Waals surface area contributed by atoms with Crippen molar-refractivity contribution in [3.8, 4) is 6.07 Å². The maximum absolute atomic E-state index is 12.7. The third kappa shape index (κ3) is 3.33. The molecule has 1 aromatic carbocycles. The number of likely N-dealkylation sites (tertiary alicyclic amines) is 1. The van der Waals surface area contributed by atoms with Gasteiger partial charge in [0.15, 0.2) is 0 Å². The lowest BCUT2D eigenvalue weighted by molar-refractivity contribution is 0.0685. The molecule has 0 aliphatic carbocycles. The molecular formula is C19H16BrN3O3. The fourth-order valence-electron chi connectivity index (χ4n) is 3.20. The van der Waals surface area contributed by atoms with Gasteiger partial charge in [0.05, 0.1) is 21.5 Å². The van der Waals surface area contributed by atoms with Gasteiger partial charge in [-0.3, -0.25) is 4.79 Å². The highest BCUT2D eigenvalue weighted by Crippen LogP contribution is 2.35. The quantitative estimate of drug-likeness (QED) is 0.832. The van der Waals surface area contributed by atoms with E-state index in [1.165, 1.54) is 12.3 Å². The van der Waals surface area contributed by atoms with E-state index in [9.17, 15) is 20.0 Å². The van der Waals surface area contributed by atoms with Crippen LogP contribution in [0.25, 0.3) is 0 Å². The Hall–Kier alpha value is -2.72. The van der Waals surface area contributed by atoms with Crippen LogP contribution in [-0.4, -0.2) is 40.0 Å². The average molecular weight is 414 g/mol. The Labute approximate surface area is 159 Å². The van der Waals surface area contributed by atoms with Gasteiger partial charge >= 0.3 is 5.97 Å². The lowest BCUT2D eigenvalue weighted by Crippen LogP contribution is -2.44. The number of hydrogen-bond donors (Lipinski definition) is 1. The van der Waals surface area contributed by atoms with Crippen LogP contribution in [0.5, 0.6) is 0 Å². The first-order valence-corrected chi connectivity index (χ1v) is 8.91. The number of pyridine rings is 1. The number of benzene rings is 1. The van der Waals surface area contributed by atoms with Crippen LogP contribution in [0.3, 0.4) is 0 Å². The summed E-state index contributed by atoms with van der Waals surface area (Å²) in [7, 11) is 0. The Morgan fingerprint density at radius 1 is 1.23 bits per heavy atom. The summed E-state index contributed by atoms with van der Waals surface area (Å²) in [6, 6.07) is 13.3. The molecule has 2 heterocycles. The first-order valence-electron chi connectivity index (χ1n) is 8.12. The molecule has 1 N–H and O–H groups in total. The highest BCUT2D eigenvalue weighted by atomic mass is 79.9. The van der Waals surface area contributed by atoms with Crippen molar-refractivity contribution in [1.29, 1.82) is 5.26 Å². The molecule has 0 unspecified atom stereocenters. The van der Waals surface area contributed by atoms with Crippen molar-refractivity contribution in [1.82, 2.24) is 9.88 Å². The highest BCUT2D eigenvalue weighted by Gasteiger charge is 2.38. The second-order valence-corrected chi connectivity index (χ2v) is 7.06. The van der Waals surface area contributed by atoms with Gasteiger partial charge in [-0.15, -0.1) is 0 Å². The maximum atomic E-state index is 12.7. The van der Waals surface area contributed by atoms with E-state index in [4.69, 9.17) is 0 Å². The number of nitriles is 1. The molecular weight excluding hydrogens is 398 g/mol. The number of hydrogen-bond acceptors (Lipinski definition) is 4. The summed E-state index contributed by atoms with van der Waals surface area (Å²) in [5.41, 5.74) is 0.451. The fourth-order valence-corrected chi connectivity index (χ4v) is 3.58. The number of carbonyl (C=O) groups excluding carboxylic acids is 1. The zero-order valence-electron chi connectivity index (χ0n) is 13.9. The maximum Gasteiger partial charge on any atom is 0.336 e. The number of carboxylic acids is 1. The molecule has 0 atom stereocenters. The molecule has 0 radical (unpaired) electrons. The molecule has 2 aromatic rings. The first-order chi connectivity index (χ1) is 12.5. The van der Waals surface area contributed by atoms with E-state index in [1.807, 2.05) is 30.3 Å². The van der Waals surface area contributed by atoms with Crippen LogP contribution in [0, 0.1) is 11.3 Å². The predicted octanol–water partition coefficient (Wildman–Crippen LogP) is 3.24. The SMILES string of the molecule is N#CC1(c2ccccc2)CCN(C(=O)c2cc(C(=O)O)c(Br)cn2)CC1. The van der Waals surface area contributed by atoms with Gasteiger partial charge < -0.3 is 10.0 Å². The number of carboxylic acid groups (broad SMARTS) is 1. The molecule has 1 aromatic heterocycles. The zero-order chi connectivity index (χ0) is 18.7. The molecule has 0 saturated carbocycles. The van der Waals surface area contributed by atoms with Crippen molar-refractivity contribution < 1.29 is 14.7 Å². The van der Waals surface area contributed by atoms with Crippen LogP contribution in [0.2, 0.25) is 0 Å². The second-order valence-electron chi connectivity index (χ2n) is 6.21. The molecule has 26 heavy (non-hydrogen) atoms. The van der Waals surface area contributed by atoms with Crippen LogP contribution in [-0.2, 0) is 5.41 Å². The van der Waals surface area contributed by atoms with Crippen molar-refractivity contribution >= 4 is 27.8 Å². The van der Waals surface area contributed by atoms with Crippen LogP contribution in [0.4, 0.5) is 0 Å². The lowest BCUT2D eigenvalue weighted by Gasteiger charge is -2.37. The number of amides is 1. The van der Waals surface area contributed by atoms with E-state index in [-0.39, 0.29) is 17.2 Å². The summed E-state index contributed by atoms with van der Waals surface area (Å²) >= 11 is 3.12. The van der Waals surface area contributed by atoms with Crippen molar-refractivity contribution in [2.75, 3.05) is 13.1 Å². The number of halogens is 1. The smallest absolute Gasteiger partial charge is 0.336 e. The standard InChI is InChI=1S/C19H16BrN3O3/c20-15-11-22-16(10-14(15)18(25)26)17(24)23-8-6-19(12-21,7-9-23)13-4-2-1-3-5-13/h1-5,10-11H,6-9H2,(H,25,26). The molecule has 6 nitrogen and oxygen atoms in total. The minimum absolute atomic E-state index is 0.00369. The Morgan fingerprint density at radius 3 is 2.46 bits per heavy atom. The van der Waals surface area contributed by atoms with Crippen LogP contribution >= 0.6 is 15.9 Å².